The fourth-order valence-corrected chi connectivity index (χ4v) is 2.69. The van der Waals surface area contributed by atoms with E-state index >= 15 is 0 Å². The van der Waals surface area contributed by atoms with Crippen molar-refractivity contribution in [3.8, 4) is 0 Å². The molecule has 1 aliphatic heterocycles. The first-order valence-electron chi connectivity index (χ1n) is 6.82. The van der Waals surface area contributed by atoms with E-state index in [1.54, 1.807) is 30.3 Å². The molecule has 3 nitrogen and oxygen atoms in total. The summed E-state index contributed by atoms with van der Waals surface area (Å²) in [4.78, 5) is 25.5. The van der Waals surface area contributed by atoms with E-state index in [1.807, 2.05) is 0 Å². The Labute approximate surface area is 140 Å². The van der Waals surface area contributed by atoms with Gasteiger partial charge in [-0.2, -0.15) is 13.2 Å². The number of hydrogen-bond acceptors (Lipinski definition) is 2. The van der Waals surface area contributed by atoms with Crippen LogP contribution in [0.15, 0.2) is 59.6 Å². The molecule has 0 fully saturated rings. The van der Waals surface area contributed by atoms with Crippen molar-refractivity contribution in [1.29, 1.82) is 0 Å². The molecule has 7 heteroatoms. The molecule has 1 heterocycles. The lowest BCUT2D eigenvalue weighted by molar-refractivity contribution is -0.137. The molecule has 24 heavy (non-hydrogen) atoms. The van der Waals surface area contributed by atoms with Gasteiger partial charge >= 0.3 is 6.18 Å². The second-order valence-corrected chi connectivity index (χ2v) is 5.43. The van der Waals surface area contributed by atoms with Gasteiger partial charge in [-0.15, -0.1) is 0 Å². The van der Waals surface area contributed by atoms with Crippen LogP contribution in [0.4, 0.5) is 18.9 Å². The number of carbonyl (C=O) groups excluding carboxylic acids is 2. The van der Waals surface area contributed by atoms with E-state index in [4.69, 9.17) is 11.6 Å². The Bertz CT molecular complexity index is 860. The molecule has 0 radical (unpaired) electrons. The van der Waals surface area contributed by atoms with E-state index in [-0.39, 0.29) is 16.3 Å². The molecule has 2 aromatic carbocycles. The fourth-order valence-electron chi connectivity index (χ4n) is 2.41. The van der Waals surface area contributed by atoms with Crippen LogP contribution in [0, 0.1) is 0 Å². The van der Waals surface area contributed by atoms with E-state index in [9.17, 15) is 22.8 Å². The van der Waals surface area contributed by atoms with Gasteiger partial charge in [-0.3, -0.25) is 9.59 Å². The maximum atomic E-state index is 12.8. The summed E-state index contributed by atoms with van der Waals surface area (Å²) in [5.74, 6) is -1.60. The molecule has 0 saturated heterocycles. The van der Waals surface area contributed by atoms with Gasteiger partial charge in [-0.25, -0.2) is 4.90 Å². The predicted molar refractivity (Wildman–Crippen MR) is 83.2 cm³/mol. The van der Waals surface area contributed by atoms with Gasteiger partial charge in [0.2, 0.25) is 0 Å². The van der Waals surface area contributed by atoms with Gasteiger partial charge in [0, 0.05) is 0 Å². The van der Waals surface area contributed by atoms with Crippen molar-refractivity contribution in [2.24, 2.45) is 0 Å². The third kappa shape index (κ3) is 2.69. The van der Waals surface area contributed by atoms with E-state index in [2.05, 4.69) is 0 Å². The number of rotatable bonds is 2. The van der Waals surface area contributed by atoms with Crippen LogP contribution in [-0.2, 0) is 15.8 Å². The van der Waals surface area contributed by atoms with Crippen molar-refractivity contribution in [3.05, 3.63) is 70.8 Å². The molecule has 2 amide bonds. The van der Waals surface area contributed by atoms with Crippen LogP contribution in [0.2, 0.25) is 0 Å². The minimum absolute atomic E-state index is 0.0281. The van der Waals surface area contributed by atoms with Crippen molar-refractivity contribution in [1.82, 2.24) is 0 Å². The highest BCUT2D eigenvalue weighted by Gasteiger charge is 2.40. The highest BCUT2D eigenvalue weighted by molar-refractivity contribution is 6.60. The molecular weight excluding hydrogens is 343 g/mol. The van der Waals surface area contributed by atoms with Gasteiger partial charge in [-0.05, 0) is 23.8 Å². The molecule has 0 unspecified atom stereocenters. The zero-order valence-corrected chi connectivity index (χ0v) is 12.7. The second-order valence-electron chi connectivity index (χ2n) is 5.05. The number of benzene rings is 2. The van der Waals surface area contributed by atoms with Crippen molar-refractivity contribution in [2.45, 2.75) is 6.18 Å². The first-order chi connectivity index (χ1) is 11.3. The summed E-state index contributed by atoms with van der Waals surface area (Å²) in [6.45, 7) is 0. The Morgan fingerprint density at radius 2 is 1.54 bits per heavy atom. The van der Waals surface area contributed by atoms with Gasteiger partial charge in [-0.1, -0.05) is 48.0 Å². The summed E-state index contributed by atoms with van der Waals surface area (Å²) >= 11 is 5.98. The Balaban J connectivity index is 2.04. The van der Waals surface area contributed by atoms with Crippen LogP contribution in [0.5, 0.6) is 0 Å². The van der Waals surface area contributed by atoms with E-state index < -0.39 is 23.6 Å². The maximum absolute atomic E-state index is 12.8. The molecule has 0 atom stereocenters. The van der Waals surface area contributed by atoms with E-state index in [1.165, 1.54) is 6.07 Å². The lowest BCUT2D eigenvalue weighted by Crippen LogP contribution is -2.31. The maximum Gasteiger partial charge on any atom is 0.416 e. The van der Waals surface area contributed by atoms with Gasteiger partial charge < -0.3 is 0 Å². The second kappa shape index (κ2) is 5.79. The van der Waals surface area contributed by atoms with Crippen molar-refractivity contribution >= 4 is 34.7 Å². The monoisotopic (exact) mass is 351 g/mol. The summed E-state index contributed by atoms with van der Waals surface area (Å²) in [6, 6.07) is 12.2. The molecule has 2 aromatic rings. The molecular formula is C17H9ClF3NO2. The van der Waals surface area contributed by atoms with Gasteiger partial charge in [0.15, 0.2) is 0 Å². The third-order valence-electron chi connectivity index (χ3n) is 3.52. The predicted octanol–water partition coefficient (Wildman–Crippen LogP) is 4.23. The number of hydrogen-bond donors (Lipinski definition) is 0. The summed E-state index contributed by atoms with van der Waals surface area (Å²) in [7, 11) is 0. The number of halogens is 4. The van der Waals surface area contributed by atoms with Crippen molar-refractivity contribution in [2.75, 3.05) is 4.90 Å². The third-order valence-corrected chi connectivity index (χ3v) is 3.87. The first kappa shape index (κ1) is 16.3. The number of carbonyl (C=O) groups is 2. The van der Waals surface area contributed by atoms with Crippen LogP contribution < -0.4 is 4.90 Å². The van der Waals surface area contributed by atoms with Crippen LogP contribution in [-0.4, -0.2) is 11.8 Å². The van der Waals surface area contributed by atoms with Crippen LogP contribution in [0.1, 0.15) is 11.1 Å². The molecule has 0 N–H and O–H groups in total. The molecule has 1 aliphatic rings. The number of imide groups is 1. The molecule has 0 bridgehead atoms. The SMILES string of the molecule is O=C1C(Cl)=C(c2ccccc2)C(=O)N1c1cccc(C(F)(F)F)c1. The quantitative estimate of drug-likeness (QED) is 0.759. The standard InChI is InChI=1S/C17H9ClF3NO2/c18-14-13(10-5-2-1-3-6-10)15(23)22(16(14)24)12-8-4-7-11(9-12)17(19,20)21/h1-9H. The smallest absolute Gasteiger partial charge is 0.268 e. The summed E-state index contributed by atoms with van der Waals surface area (Å²) in [5.41, 5.74) is -0.733. The van der Waals surface area contributed by atoms with Gasteiger partial charge in [0.25, 0.3) is 11.8 Å². The highest BCUT2D eigenvalue weighted by Crippen LogP contribution is 2.37. The van der Waals surface area contributed by atoms with Crippen molar-refractivity contribution < 1.29 is 22.8 Å². The van der Waals surface area contributed by atoms with Gasteiger partial charge in [0.05, 0.1) is 16.8 Å². The largest absolute Gasteiger partial charge is 0.416 e. The zero-order chi connectivity index (χ0) is 17.5. The Hall–Kier alpha value is -2.60. The molecule has 0 aliphatic carbocycles. The molecule has 0 saturated carbocycles. The minimum atomic E-state index is -4.58. The van der Waals surface area contributed by atoms with Crippen LogP contribution in [0.3, 0.4) is 0 Å². The minimum Gasteiger partial charge on any atom is -0.268 e. The molecule has 3 rings (SSSR count). The van der Waals surface area contributed by atoms with E-state index in [0.717, 1.165) is 18.2 Å². The Morgan fingerprint density at radius 3 is 2.17 bits per heavy atom. The summed E-state index contributed by atoms with van der Waals surface area (Å²) in [5, 5.41) is -0.316. The topological polar surface area (TPSA) is 37.4 Å². The molecule has 0 aromatic heterocycles. The summed E-state index contributed by atoms with van der Waals surface area (Å²) < 4.78 is 38.5. The van der Waals surface area contributed by atoms with Crippen LogP contribution >= 0.6 is 11.6 Å². The van der Waals surface area contributed by atoms with Crippen LogP contribution in [0.25, 0.3) is 5.57 Å². The zero-order valence-electron chi connectivity index (χ0n) is 12.0. The lowest BCUT2D eigenvalue weighted by atomic mass is 10.1. The van der Waals surface area contributed by atoms with Gasteiger partial charge in [0.1, 0.15) is 5.03 Å². The van der Waals surface area contributed by atoms with E-state index in [0.29, 0.717) is 10.5 Å². The average Bonchev–Trinajstić information content (AvgIpc) is 2.77. The number of alkyl halides is 3. The fraction of sp³-hybridized carbons (Fsp3) is 0.0588. The van der Waals surface area contributed by atoms with Crippen molar-refractivity contribution in [3.63, 3.8) is 0 Å². The molecule has 0 spiro atoms. The Morgan fingerprint density at radius 1 is 0.875 bits per heavy atom. The Kier molecular flexibility index (Phi) is 3.93. The summed E-state index contributed by atoms with van der Waals surface area (Å²) in [6.07, 6.45) is -4.58. The highest BCUT2D eigenvalue weighted by atomic mass is 35.5. The number of anilines is 1. The lowest BCUT2D eigenvalue weighted by Gasteiger charge is -2.16. The average molecular weight is 352 g/mol. The first-order valence-corrected chi connectivity index (χ1v) is 7.20. The number of nitrogens with zero attached hydrogens (tertiary/aromatic N) is 1. The molecule has 122 valence electrons. The normalized spacial score (nSPS) is 15.4. The number of amides is 2.